The first-order chi connectivity index (χ1) is 7.15. The standard InChI is InChI=1S/C11H24O4Si/c1-11(2,3)16(4,5)15-7-9-10(13)8(12)6-14-9/h8-10,12-13H,6-7H2,1-5H3/t8-,9-,10-/m1/s1. The highest BCUT2D eigenvalue weighted by Crippen LogP contribution is 2.36. The highest BCUT2D eigenvalue weighted by atomic mass is 28.4. The van der Waals surface area contributed by atoms with E-state index in [2.05, 4.69) is 33.9 Å². The molecule has 0 radical (unpaired) electrons. The first kappa shape index (κ1) is 14.1. The molecule has 0 saturated carbocycles. The number of aliphatic hydroxyl groups excluding tert-OH is 2. The Bertz CT molecular complexity index is 237. The molecule has 1 rings (SSSR count). The molecule has 1 fully saturated rings. The molecule has 1 heterocycles. The van der Waals surface area contributed by atoms with Crippen molar-refractivity contribution >= 4 is 8.32 Å². The lowest BCUT2D eigenvalue weighted by molar-refractivity contribution is -0.00295. The second kappa shape index (κ2) is 4.74. The minimum absolute atomic E-state index is 0.148. The summed E-state index contributed by atoms with van der Waals surface area (Å²) in [7, 11) is -1.80. The summed E-state index contributed by atoms with van der Waals surface area (Å²) >= 11 is 0. The Kier molecular flexibility index (Phi) is 4.18. The zero-order chi connectivity index (χ0) is 12.6. The smallest absolute Gasteiger partial charge is 0.192 e. The minimum Gasteiger partial charge on any atom is -0.414 e. The van der Waals surface area contributed by atoms with Gasteiger partial charge in [-0.25, -0.2) is 0 Å². The van der Waals surface area contributed by atoms with Crippen LogP contribution in [0, 0.1) is 0 Å². The maximum Gasteiger partial charge on any atom is 0.192 e. The third-order valence-electron chi connectivity index (χ3n) is 3.67. The van der Waals surface area contributed by atoms with Gasteiger partial charge in [0.1, 0.15) is 18.3 Å². The van der Waals surface area contributed by atoms with Crippen LogP contribution >= 0.6 is 0 Å². The van der Waals surface area contributed by atoms with Gasteiger partial charge >= 0.3 is 0 Å². The second-order valence-electron chi connectivity index (χ2n) is 6.00. The monoisotopic (exact) mass is 248 g/mol. The van der Waals surface area contributed by atoms with E-state index < -0.39 is 20.5 Å². The van der Waals surface area contributed by atoms with Crippen molar-refractivity contribution < 1.29 is 19.4 Å². The van der Waals surface area contributed by atoms with Crippen molar-refractivity contribution in [2.24, 2.45) is 0 Å². The summed E-state index contributed by atoms with van der Waals surface area (Å²) in [5.74, 6) is 0. The molecular formula is C11H24O4Si. The van der Waals surface area contributed by atoms with Crippen molar-refractivity contribution in [2.45, 2.75) is 57.2 Å². The molecule has 0 aromatic heterocycles. The van der Waals surface area contributed by atoms with Crippen LogP contribution in [0.15, 0.2) is 0 Å². The lowest BCUT2D eigenvalue weighted by Crippen LogP contribution is -2.44. The Morgan fingerprint density at radius 2 is 1.88 bits per heavy atom. The van der Waals surface area contributed by atoms with Crippen molar-refractivity contribution in [2.75, 3.05) is 13.2 Å². The molecule has 0 aromatic rings. The van der Waals surface area contributed by atoms with E-state index in [-0.39, 0.29) is 17.7 Å². The lowest BCUT2D eigenvalue weighted by Gasteiger charge is -2.37. The summed E-state index contributed by atoms with van der Waals surface area (Å²) in [5.41, 5.74) is 0. The summed E-state index contributed by atoms with van der Waals surface area (Å²) in [4.78, 5) is 0. The van der Waals surface area contributed by atoms with E-state index in [1.807, 2.05) is 0 Å². The molecule has 5 heteroatoms. The molecule has 1 aliphatic rings. The van der Waals surface area contributed by atoms with E-state index in [9.17, 15) is 10.2 Å². The van der Waals surface area contributed by atoms with Crippen LogP contribution in [-0.2, 0) is 9.16 Å². The summed E-state index contributed by atoms with van der Waals surface area (Å²) < 4.78 is 11.2. The molecule has 0 aliphatic carbocycles. The van der Waals surface area contributed by atoms with Crippen molar-refractivity contribution in [1.82, 2.24) is 0 Å². The van der Waals surface area contributed by atoms with E-state index in [0.717, 1.165) is 0 Å². The van der Waals surface area contributed by atoms with Gasteiger partial charge in [-0.05, 0) is 18.1 Å². The molecule has 0 amide bonds. The fraction of sp³-hybridized carbons (Fsp3) is 1.00. The molecule has 0 unspecified atom stereocenters. The molecule has 16 heavy (non-hydrogen) atoms. The Labute approximate surface area is 98.7 Å². The first-order valence-electron chi connectivity index (χ1n) is 5.77. The van der Waals surface area contributed by atoms with Crippen molar-refractivity contribution in [1.29, 1.82) is 0 Å². The largest absolute Gasteiger partial charge is 0.414 e. The number of hydrogen-bond acceptors (Lipinski definition) is 4. The molecule has 1 saturated heterocycles. The van der Waals surface area contributed by atoms with Gasteiger partial charge in [-0.15, -0.1) is 0 Å². The van der Waals surface area contributed by atoms with Crippen LogP contribution in [-0.4, -0.2) is 50.1 Å². The highest BCUT2D eigenvalue weighted by Gasteiger charge is 2.40. The van der Waals surface area contributed by atoms with Gasteiger partial charge in [0.2, 0.25) is 0 Å². The van der Waals surface area contributed by atoms with Gasteiger partial charge in [-0.3, -0.25) is 0 Å². The molecular weight excluding hydrogens is 224 g/mol. The van der Waals surface area contributed by atoms with Crippen LogP contribution in [0.2, 0.25) is 18.1 Å². The van der Waals surface area contributed by atoms with E-state index in [0.29, 0.717) is 6.61 Å². The highest BCUT2D eigenvalue weighted by molar-refractivity contribution is 6.74. The van der Waals surface area contributed by atoms with Crippen molar-refractivity contribution in [3.63, 3.8) is 0 Å². The molecule has 3 atom stereocenters. The predicted molar refractivity (Wildman–Crippen MR) is 64.9 cm³/mol. The molecule has 0 spiro atoms. The van der Waals surface area contributed by atoms with Gasteiger partial charge in [-0.1, -0.05) is 20.8 Å². The Morgan fingerprint density at radius 3 is 2.25 bits per heavy atom. The summed E-state index contributed by atoms with van der Waals surface area (Å²) in [5, 5.41) is 19.1. The predicted octanol–water partition coefficient (Wildman–Crippen LogP) is 1.13. The van der Waals surface area contributed by atoms with Gasteiger partial charge in [0.05, 0.1) is 13.2 Å². The maximum absolute atomic E-state index is 9.62. The van der Waals surface area contributed by atoms with Crippen LogP contribution in [0.1, 0.15) is 20.8 Å². The zero-order valence-corrected chi connectivity index (χ0v) is 11.9. The topological polar surface area (TPSA) is 58.9 Å². The molecule has 0 bridgehead atoms. The fourth-order valence-electron chi connectivity index (χ4n) is 1.32. The molecule has 0 aromatic carbocycles. The van der Waals surface area contributed by atoms with Crippen LogP contribution in [0.4, 0.5) is 0 Å². The lowest BCUT2D eigenvalue weighted by atomic mass is 10.2. The van der Waals surface area contributed by atoms with Gasteiger partial charge in [0, 0.05) is 0 Å². The zero-order valence-electron chi connectivity index (χ0n) is 10.9. The van der Waals surface area contributed by atoms with Gasteiger partial charge < -0.3 is 19.4 Å². The second-order valence-corrected chi connectivity index (χ2v) is 10.8. The van der Waals surface area contributed by atoms with Gasteiger partial charge in [0.15, 0.2) is 8.32 Å². The summed E-state index contributed by atoms with van der Waals surface area (Å²) in [6, 6.07) is 0. The SMILES string of the molecule is CC(C)(C)[Si](C)(C)OC[C@H]1OC[C@@H](O)[C@H]1O. The van der Waals surface area contributed by atoms with Crippen LogP contribution < -0.4 is 0 Å². The summed E-state index contributed by atoms with van der Waals surface area (Å²) in [6.07, 6.45) is -1.97. The van der Waals surface area contributed by atoms with E-state index >= 15 is 0 Å². The summed E-state index contributed by atoms with van der Waals surface area (Å²) in [6.45, 7) is 11.4. The van der Waals surface area contributed by atoms with E-state index in [4.69, 9.17) is 9.16 Å². The quantitative estimate of drug-likeness (QED) is 0.735. The van der Waals surface area contributed by atoms with Gasteiger partial charge in [0.25, 0.3) is 0 Å². The maximum atomic E-state index is 9.62. The van der Waals surface area contributed by atoms with Crippen molar-refractivity contribution in [3.05, 3.63) is 0 Å². The number of aliphatic hydroxyl groups is 2. The number of hydrogen-bond donors (Lipinski definition) is 2. The van der Waals surface area contributed by atoms with Crippen LogP contribution in [0.5, 0.6) is 0 Å². The average molecular weight is 248 g/mol. The first-order valence-corrected chi connectivity index (χ1v) is 8.67. The number of ether oxygens (including phenoxy) is 1. The van der Waals surface area contributed by atoms with E-state index in [1.165, 1.54) is 0 Å². The molecule has 96 valence electrons. The van der Waals surface area contributed by atoms with E-state index in [1.54, 1.807) is 0 Å². The normalized spacial score (nSPS) is 32.1. The number of rotatable bonds is 3. The molecule has 2 N–H and O–H groups in total. The Hall–Kier alpha value is 0.0569. The average Bonchev–Trinajstić information content (AvgIpc) is 2.43. The fourth-order valence-corrected chi connectivity index (χ4v) is 2.33. The van der Waals surface area contributed by atoms with Crippen LogP contribution in [0.3, 0.4) is 0 Å². The van der Waals surface area contributed by atoms with Crippen LogP contribution in [0.25, 0.3) is 0 Å². The third-order valence-corrected chi connectivity index (χ3v) is 8.17. The minimum atomic E-state index is -1.80. The van der Waals surface area contributed by atoms with Gasteiger partial charge in [-0.2, -0.15) is 0 Å². The third kappa shape index (κ3) is 3.04. The molecule has 4 nitrogen and oxygen atoms in total. The Balaban J connectivity index is 2.46. The Morgan fingerprint density at radius 1 is 1.31 bits per heavy atom. The molecule has 1 aliphatic heterocycles. The van der Waals surface area contributed by atoms with Crippen molar-refractivity contribution in [3.8, 4) is 0 Å².